The number of halogens is 2. The van der Waals surface area contributed by atoms with Crippen LogP contribution in [-0.2, 0) is 16.2 Å². The highest BCUT2D eigenvalue weighted by atomic mass is 35.5. The maximum Gasteiger partial charge on any atom is 0.329 e. The number of rotatable bonds is 6. The molecule has 0 aliphatic heterocycles. The van der Waals surface area contributed by atoms with E-state index in [0.29, 0.717) is 22.0 Å². The Kier molecular flexibility index (Phi) is 7.57. The molecule has 164 valence electrons. The molecule has 0 spiro atoms. The minimum atomic E-state index is -0.885. The summed E-state index contributed by atoms with van der Waals surface area (Å²) in [6.07, 6.45) is 1.39. The Labute approximate surface area is 190 Å². The number of hydrazone groups is 1. The molecule has 0 saturated heterocycles. The molecule has 0 saturated carbocycles. The first-order valence-electron chi connectivity index (χ1n) is 9.71. The van der Waals surface area contributed by atoms with Gasteiger partial charge in [-0.3, -0.25) is 9.59 Å². The molecule has 0 radical (unpaired) electrons. The zero-order valence-corrected chi connectivity index (χ0v) is 18.2. The van der Waals surface area contributed by atoms with E-state index in [-0.39, 0.29) is 12.2 Å². The van der Waals surface area contributed by atoms with Crippen LogP contribution in [0.15, 0.2) is 65.8 Å². The molecule has 0 atom stereocenters. The third-order valence-corrected chi connectivity index (χ3v) is 4.91. The van der Waals surface area contributed by atoms with Crippen LogP contribution in [0.2, 0.25) is 5.02 Å². The van der Waals surface area contributed by atoms with E-state index in [2.05, 4.69) is 15.8 Å². The third-order valence-electron chi connectivity index (χ3n) is 4.55. The van der Waals surface area contributed by atoms with Crippen LogP contribution in [0.1, 0.15) is 22.3 Å². The number of benzene rings is 3. The van der Waals surface area contributed by atoms with Crippen molar-refractivity contribution < 1.29 is 18.7 Å². The fourth-order valence-electron chi connectivity index (χ4n) is 2.74. The Bertz CT molecular complexity index is 1140. The van der Waals surface area contributed by atoms with Gasteiger partial charge < -0.3 is 10.1 Å². The van der Waals surface area contributed by atoms with E-state index in [1.54, 1.807) is 36.4 Å². The van der Waals surface area contributed by atoms with Crippen molar-refractivity contribution in [1.82, 2.24) is 5.43 Å². The minimum Gasteiger partial charge on any atom is -0.489 e. The number of nitrogens with one attached hydrogen (secondary N) is 2. The van der Waals surface area contributed by atoms with Crippen molar-refractivity contribution in [1.29, 1.82) is 0 Å². The van der Waals surface area contributed by atoms with E-state index in [1.807, 2.05) is 26.0 Å². The average Bonchev–Trinajstić information content (AvgIpc) is 2.77. The van der Waals surface area contributed by atoms with Crippen molar-refractivity contribution >= 4 is 35.3 Å². The van der Waals surface area contributed by atoms with Crippen LogP contribution >= 0.6 is 11.6 Å². The van der Waals surface area contributed by atoms with E-state index < -0.39 is 17.6 Å². The SMILES string of the molecule is Cc1ccc(C)c(NC(=O)C(=O)N/N=C/c2ccc(OCc3c(F)cccc3Cl)cc2)c1. The van der Waals surface area contributed by atoms with Gasteiger partial charge >= 0.3 is 11.8 Å². The highest BCUT2D eigenvalue weighted by Crippen LogP contribution is 2.21. The molecule has 0 aliphatic rings. The van der Waals surface area contributed by atoms with Crippen LogP contribution < -0.4 is 15.5 Å². The maximum absolute atomic E-state index is 13.8. The summed E-state index contributed by atoms with van der Waals surface area (Å²) in [6.45, 7) is 3.72. The molecule has 2 amide bonds. The fourth-order valence-corrected chi connectivity index (χ4v) is 2.96. The van der Waals surface area contributed by atoms with Gasteiger partial charge in [0.25, 0.3) is 0 Å². The molecule has 2 N–H and O–H groups in total. The monoisotopic (exact) mass is 453 g/mol. The number of anilines is 1. The molecule has 3 rings (SSSR count). The summed E-state index contributed by atoms with van der Waals surface area (Å²) < 4.78 is 19.4. The molecular weight excluding hydrogens is 433 g/mol. The second kappa shape index (κ2) is 10.5. The molecule has 8 heteroatoms. The molecule has 0 bridgehead atoms. The van der Waals surface area contributed by atoms with Crippen molar-refractivity contribution in [2.24, 2.45) is 5.10 Å². The highest BCUT2D eigenvalue weighted by molar-refractivity contribution is 6.39. The summed E-state index contributed by atoms with van der Waals surface area (Å²) in [4.78, 5) is 24.0. The summed E-state index contributed by atoms with van der Waals surface area (Å²) in [5.41, 5.74) is 5.52. The van der Waals surface area contributed by atoms with Gasteiger partial charge in [0.2, 0.25) is 0 Å². The molecule has 0 fully saturated rings. The second-order valence-corrected chi connectivity index (χ2v) is 7.44. The minimum absolute atomic E-state index is 0.00940. The Morgan fingerprint density at radius 2 is 1.81 bits per heavy atom. The predicted octanol–water partition coefficient (Wildman–Crippen LogP) is 4.76. The fraction of sp³-hybridized carbons (Fsp3) is 0.125. The van der Waals surface area contributed by atoms with Crippen molar-refractivity contribution in [3.8, 4) is 5.75 Å². The normalized spacial score (nSPS) is 10.8. The largest absolute Gasteiger partial charge is 0.489 e. The van der Waals surface area contributed by atoms with Gasteiger partial charge in [-0.05, 0) is 73.0 Å². The third kappa shape index (κ3) is 6.15. The zero-order chi connectivity index (χ0) is 23.1. The van der Waals surface area contributed by atoms with Gasteiger partial charge in [0.05, 0.1) is 11.2 Å². The Balaban J connectivity index is 1.51. The van der Waals surface area contributed by atoms with Crippen LogP contribution in [0, 0.1) is 19.7 Å². The smallest absolute Gasteiger partial charge is 0.329 e. The number of carbonyl (C=O) groups excluding carboxylic acids is 2. The zero-order valence-electron chi connectivity index (χ0n) is 17.5. The van der Waals surface area contributed by atoms with Gasteiger partial charge in [-0.15, -0.1) is 0 Å². The molecule has 6 nitrogen and oxygen atoms in total. The molecule has 0 aliphatic carbocycles. The van der Waals surface area contributed by atoms with Crippen LogP contribution in [0.4, 0.5) is 10.1 Å². The van der Waals surface area contributed by atoms with Crippen molar-refractivity contribution in [2.45, 2.75) is 20.5 Å². The first-order chi connectivity index (χ1) is 15.3. The highest BCUT2D eigenvalue weighted by Gasteiger charge is 2.14. The average molecular weight is 454 g/mol. The summed E-state index contributed by atoms with van der Waals surface area (Å²) >= 11 is 5.99. The van der Waals surface area contributed by atoms with Gasteiger partial charge in [-0.25, -0.2) is 9.82 Å². The summed E-state index contributed by atoms with van der Waals surface area (Å²) in [7, 11) is 0. The number of nitrogens with zero attached hydrogens (tertiary/aromatic N) is 1. The topological polar surface area (TPSA) is 79.8 Å². The quantitative estimate of drug-likeness (QED) is 0.321. The van der Waals surface area contributed by atoms with Gasteiger partial charge in [-0.1, -0.05) is 29.8 Å². The number of ether oxygens (including phenoxy) is 1. The van der Waals surface area contributed by atoms with Crippen molar-refractivity contribution in [3.05, 3.63) is 93.8 Å². The second-order valence-electron chi connectivity index (χ2n) is 7.03. The number of amides is 2. The molecule has 0 aromatic heterocycles. The van der Waals surface area contributed by atoms with Crippen LogP contribution in [0.25, 0.3) is 0 Å². The van der Waals surface area contributed by atoms with Crippen molar-refractivity contribution in [2.75, 3.05) is 5.32 Å². The van der Waals surface area contributed by atoms with Gasteiger partial charge in [0, 0.05) is 11.3 Å². The molecule has 0 unspecified atom stereocenters. The Morgan fingerprint density at radius 1 is 1.06 bits per heavy atom. The van der Waals surface area contributed by atoms with Gasteiger partial charge in [0.15, 0.2) is 0 Å². The lowest BCUT2D eigenvalue weighted by Gasteiger charge is -2.09. The lowest BCUT2D eigenvalue weighted by molar-refractivity contribution is -0.136. The lowest BCUT2D eigenvalue weighted by Crippen LogP contribution is -2.32. The molecule has 3 aromatic rings. The Hall–Kier alpha value is -3.71. The first kappa shape index (κ1) is 23.0. The van der Waals surface area contributed by atoms with Gasteiger partial charge in [-0.2, -0.15) is 5.10 Å². The molecule has 3 aromatic carbocycles. The number of aryl methyl sites for hydroxylation is 2. The maximum atomic E-state index is 13.8. The number of hydrogen-bond acceptors (Lipinski definition) is 4. The van der Waals surface area contributed by atoms with Crippen LogP contribution in [0.3, 0.4) is 0 Å². The first-order valence-corrected chi connectivity index (χ1v) is 10.1. The number of carbonyl (C=O) groups is 2. The van der Waals surface area contributed by atoms with E-state index >= 15 is 0 Å². The van der Waals surface area contributed by atoms with Crippen LogP contribution in [-0.4, -0.2) is 18.0 Å². The molecule has 0 heterocycles. The molecular formula is C24H21ClFN3O3. The van der Waals surface area contributed by atoms with E-state index in [1.165, 1.54) is 18.3 Å². The Morgan fingerprint density at radius 3 is 2.53 bits per heavy atom. The van der Waals surface area contributed by atoms with E-state index in [4.69, 9.17) is 16.3 Å². The summed E-state index contributed by atoms with van der Waals surface area (Å²) in [5.74, 6) is -1.62. The van der Waals surface area contributed by atoms with Crippen LogP contribution in [0.5, 0.6) is 5.75 Å². The molecule has 32 heavy (non-hydrogen) atoms. The standard InChI is InChI=1S/C24H21ClFN3O3/c1-15-6-7-16(2)22(12-15)28-23(30)24(31)29-27-13-17-8-10-18(11-9-17)32-14-19-20(25)4-3-5-21(19)26/h3-13H,14H2,1-2H3,(H,28,30)(H,29,31)/b27-13+. The predicted molar refractivity (Wildman–Crippen MR) is 122 cm³/mol. The van der Waals surface area contributed by atoms with Gasteiger partial charge in [0.1, 0.15) is 18.2 Å². The summed E-state index contributed by atoms with van der Waals surface area (Å²) in [5, 5.41) is 6.66. The lowest BCUT2D eigenvalue weighted by atomic mass is 10.1. The summed E-state index contributed by atoms with van der Waals surface area (Å²) in [6, 6.07) is 16.7. The number of hydrogen-bond donors (Lipinski definition) is 2. The van der Waals surface area contributed by atoms with Crippen molar-refractivity contribution in [3.63, 3.8) is 0 Å². The van der Waals surface area contributed by atoms with E-state index in [9.17, 15) is 14.0 Å². The van der Waals surface area contributed by atoms with E-state index in [0.717, 1.165) is 11.1 Å².